The molecule has 0 amide bonds. The van der Waals surface area contributed by atoms with Crippen LogP contribution < -0.4 is 0 Å². The van der Waals surface area contributed by atoms with Crippen molar-refractivity contribution < 1.29 is 14.4 Å². The molecule has 0 N–H and O–H groups in total. The van der Waals surface area contributed by atoms with Gasteiger partial charge in [0.05, 0.1) is 6.42 Å². The zero-order valence-corrected chi connectivity index (χ0v) is 23.0. The second-order valence-corrected chi connectivity index (χ2v) is 11.1. The number of Topliss-reactive ketones (excluding diaryl/α,β-unsaturated/α-hetero) is 3. The Morgan fingerprint density at radius 2 is 1.72 bits per heavy atom. The summed E-state index contributed by atoms with van der Waals surface area (Å²) in [5.41, 5.74) is 7.70. The van der Waals surface area contributed by atoms with Gasteiger partial charge in [-0.2, -0.15) is 0 Å². The first kappa shape index (κ1) is 28.0. The number of ketones is 3. The molecule has 194 valence electrons. The number of benzene rings is 2. The molecule has 0 saturated heterocycles. The van der Waals surface area contributed by atoms with Crippen LogP contribution in [0, 0.1) is 31.6 Å². The SMILES string of the molecule is CCCC(CC1CC(=O)c2c(C)cccc2C1)C(CC)C(=O)CC(C)=O.Cc1ccc2c(c1)CCC2. The Bertz CT molecular complexity index is 1080. The molecular formula is C33H44O3. The third-order valence-electron chi connectivity index (χ3n) is 8.02. The Morgan fingerprint density at radius 1 is 0.972 bits per heavy atom. The first-order chi connectivity index (χ1) is 17.2. The van der Waals surface area contributed by atoms with Gasteiger partial charge in [0.25, 0.3) is 0 Å². The molecule has 0 fully saturated rings. The van der Waals surface area contributed by atoms with Crippen molar-refractivity contribution in [3.63, 3.8) is 0 Å². The van der Waals surface area contributed by atoms with Crippen molar-refractivity contribution in [2.24, 2.45) is 17.8 Å². The lowest BCUT2D eigenvalue weighted by atomic mass is 9.72. The van der Waals surface area contributed by atoms with E-state index >= 15 is 0 Å². The fraction of sp³-hybridized carbons (Fsp3) is 0.545. The minimum absolute atomic E-state index is 0.0460. The van der Waals surface area contributed by atoms with Gasteiger partial charge in [-0.05, 0) is 93.4 Å². The van der Waals surface area contributed by atoms with Crippen molar-refractivity contribution in [1.29, 1.82) is 0 Å². The summed E-state index contributed by atoms with van der Waals surface area (Å²) >= 11 is 0. The van der Waals surface area contributed by atoms with E-state index in [1.54, 1.807) is 11.1 Å². The van der Waals surface area contributed by atoms with Crippen molar-refractivity contribution in [3.8, 4) is 0 Å². The zero-order chi connectivity index (χ0) is 26.2. The molecule has 3 nitrogen and oxygen atoms in total. The van der Waals surface area contributed by atoms with E-state index in [1.165, 1.54) is 31.7 Å². The fourth-order valence-corrected chi connectivity index (χ4v) is 6.39. The van der Waals surface area contributed by atoms with Crippen LogP contribution in [0.4, 0.5) is 0 Å². The van der Waals surface area contributed by atoms with E-state index in [4.69, 9.17) is 0 Å². The van der Waals surface area contributed by atoms with Crippen molar-refractivity contribution in [2.45, 2.75) is 98.8 Å². The van der Waals surface area contributed by atoms with Gasteiger partial charge in [-0.3, -0.25) is 14.4 Å². The minimum atomic E-state index is -0.0622. The lowest BCUT2D eigenvalue weighted by Crippen LogP contribution is -2.29. The lowest BCUT2D eigenvalue weighted by molar-refractivity contribution is -0.129. The number of carbonyl (C=O) groups is 3. The van der Waals surface area contributed by atoms with Gasteiger partial charge in [0.2, 0.25) is 0 Å². The minimum Gasteiger partial charge on any atom is -0.300 e. The first-order valence-corrected chi connectivity index (χ1v) is 14.0. The van der Waals surface area contributed by atoms with Gasteiger partial charge >= 0.3 is 0 Å². The standard InChI is InChI=1S/C23H32O3.C10H12/c1-5-8-18(20(6-2)21(25)11-16(4)24)12-17-13-19-10-7-9-15(3)23(19)22(26)14-17;1-8-5-6-9-3-2-4-10(9)7-8/h7,9-10,17-18,20H,5-6,8,11-14H2,1-4H3;5-7H,2-4H2,1H3. The molecular weight excluding hydrogens is 444 g/mol. The van der Waals surface area contributed by atoms with E-state index < -0.39 is 0 Å². The van der Waals surface area contributed by atoms with E-state index in [2.05, 4.69) is 38.1 Å². The summed E-state index contributed by atoms with van der Waals surface area (Å²) in [6, 6.07) is 12.9. The second-order valence-electron chi connectivity index (χ2n) is 11.1. The quantitative estimate of drug-likeness (QED) is 0.341. The van der Waals surface area contributed by atoms with Crippen LogP contribution in [-0.4, -0.2) is 17.3 Å². The predicted molar refractivity (Wildman–Crippen MR) is 148 cm³/mol. The summed E-state index contributed by atoms with van der Waals surface area (Å²) in [5.74, 6) is 0.770. The normalized spacial score (nSPS) is 17.9. The van der Waals surface area contributed by atoms with Crippen molar-refractivity contribution >= 4 is 17.3 Å². The van der Waals surface area contributed by atoms with Crippen LogP contribution in [0.5, 0.6) is 0 Å². The van der Waals surface area contributed by atoms with Crippen LogP contribution in [0.3, 0.4) is 0 Å². The largest absolute Gasteiger partial charge is 0.300 e. The molecule has 2 aliphatic rings. The highest BCUT2D eigenvalue weighted by atomic mass is 16.1. The molecule has 0 heterocycles. The molecule has 0 aromatic heterocycles. The van der Waals surface area contributed by atoms with Gasteiger partial charge in [-0.25, -0.2) is 0 Å². The second kappa shape index (κ2) is 13.1. The maximum absolute atomic E-state index is 12.7. The molecule has 2 aromatic carbocycles. The average Bonchev–Trinajstić information content (AvgIpc) is 3.27. The molecule has 3 heteroatoms. The molecule has 0 aliphatic heterocycles. The third kappa shape index (κ3) is 7.24. The van der Waals surface area contributed by atoms with E-state index in [0.717, 1.165) is 48.8 Å². The molecule has 3 atom stereocenters. The lowest BCUT2D eigenvalue weighted by Gasteiger charge is -2.31. The highest BCUT2D eigenvalue weighted by molar-refractivity contribution is 6.00. The van der Waals surface area contributed by atoms with E-state index in [9.17, 15) is 14.4 Å². The van der Waals surface area contributed by atoms with Crippen LogP contribution in [0.15, 0.2) is 36.4 Å². The highest BCUT2D eigenvalue weighted by Crippen LogP contribution is 2.36. The summed E-state index contributed by atoms with van der Waals surface area (Å²) in [5, 5.41) is 0. The van der Waals surface area contributed by atoms with Crippen LogP contribution >= 0.6 is 0 Å². The van der Waals surface area contributed by atoms with Gasteiger partial charge in [0.15, 0.2) is 5.78 Å². The van der Waals surface area contributed by atoms with Crippen molar-refractivity contribution in [1.82, 2.24) is 0 Å². The molecule has 0 bridgehead atoms. The maximum Gasteiger partial charge on any atom is 0.163 e. The number of hydrogen-bond acceptors (Lipinski definition) is 3. The zero-order valence-electron chi connectivity index (χ0n) is 23.0. The average molecular weight is 489 g/mol. The number of fused-ring (bicyclic) bond motifs is 2. The third-order valence-corrected chi connectivity index (χ3v) is 8.02. The molecule has 36 heavy (non-hydrogen) atoms. The van der Waals surface area contributed by atoms with Crippen molar-refractivity contribution in [2.75, 3.05) is 0 Å². The molecule has 0 saturated carbocycles. The summed E-state index contributed by atoms with van der Waals surface area (Å²) in [6.07, 6.45) is 9.17. The fourth-order valence-electron chi connectivity index (χ4n) is 6.39. The summed E-state index contributed by atoms with van der Waals surface area (Å²) in [4.78, 5) is 36.6. The Kier molecular flexibility index (Phi) is 10.2. The van der Waals surface area contributed by atoms with E-state index in [1.807, 2.05) is 26.0 Å². The van der Waals surface area contributed by atoms with Gasteiger partial charge in [-0.1, -0.05) is 68.7 Å². The topological polar surface area (TPSA) is 51.2 Å². The smallest absolute Gasteiger partial charge is 0.163 e. The molecule has 0 spiro atoms. The highest BCUT2D eigenvalue weighted by Gasteiger charge is 2.32. The molecule has 2 aliphatic carbocycles. The Labute approximate surface area is 218 Å². The van der Waals surface area contributed by atoms with Gasteiger partial charge in [-0.15, -0.1) is 0 Å². The number of carbonyl (C=O) groups excluding carboxylic acids is 3. The molecule has 3 unspecified atom stereocenters. The predicted octanol–water partition coefficient (Wildman–Crippen LogP) is 7.60. The Hall–Kier alpha value is -2.55. The van der Waals surface area contributed by atoms with Gasteiger partial charge in [0, 0.05) is 17.9 Å². The summed E-state index contributed by atoms with van der Waals surface area (Å²) in [7, 11) is 0. The van der Waals surface area contributed by atoms with E-state index in [0.29, 0.717) is 12.3 Å². The number of aryl methyl sites for hydroxylation is 4. The monoisotopic (exact) mass is 488 g/mol. The Morgan fingerprint density at radius 3 is 2.42 bits per heavy atom. The maximum atomic E-state index is 12.7. The molecule has 4 rings (SSSR count). The number of hydrogen-bond donors (Lipinski definition) is 0. The number of rotatable bonds is 9. The Balaban J connectivity index is 0.000000297. The van der Waals surface area contributed by atoms with Crippen LogP contribution in [-0.2, 0) is 28.9 Å². The van der Waals surface area contributed by atoms with Gasteiger partial charge < -0.3 is 0 Å². The molecule has 2 aromatic rings. The van der Waals surface area contributed by atoms with Crippen molar-refractivity contribution in [3.05, 3.63) is 69.8 Å². The first-order valence-electron chi connectivity index (χ1n) is 14.0. The van der Waals surface area contributed by atoms with E-state index in [-0.39, 0.29) is 35.6 Å². The van der Waals surface area contributed by atoms with Crippen LogP contribution in [0.1, 0.15) is 104 Å². The summed E-state index contributed by atoms with van der Waals surface area (Å²) < 4.78 is 0. The van der Waals surface area contributed by atoms with Crippen LogP contribution in [0.2, 0.25) is 0 Å². The van der Waals surface area contributed by atoms with Gasteiger partial charge in [0.1, 0.15) is 11.6 Å². The van der Waals surface area contributed by atoms with Crippen LogP contribution in [0.25, 0.3) is 0 Å². The summed E-state index contributed by atoms with van der Waals surface area (Å²) in [6.45, 7) is 9.83. The molecule has 0 radical (unpaired) electrons.